The first-order chi connectivity index (χ1) is 15.6. The molecule has 0 aliphatic carbocycles. The van der Waals surface area contributed by atoms with E-state index in [1.807, 2.05) is 0 Å². The number of alkyl halides is 3. The lowest BCUT2D eigenvalue weighted by Gasteiger charge is -2.15. The van der Waals surface area contributed by atoms with E-state index in [1.54, 1.807) is 6.07 Å². The fourth-order valence-electron chi connectivity index (χ4n) is 3.50. The molecule has 0 unspecified atom stereocenters. The fraction of sp³-hybridized carbons (Fsp3) is 0.0833. The Labute approximate surface area is 189 Å². The zero-order valence-electron chi connectivity index (χ0n) is 16.8. The van der Waals surface area contributed by atoms with Crippen molar-refractivity contribution in [3.63, 3.8) is 0 Å². The highest BCUT2D eigenvalue weighted by Gasteiger charge is 2.31. The van der Waals surface area contributed by atoms with Crippen LogP contribution in [0.1, 0.15) is 27.0 Å². The Morgan fingerprint density at radius 2 is 1.76 bits per heavy atom. The number of carbonyl (C=O) groups excluding carboxylic acids is 1. The van der Waals surface area contributed by atoms with Gasteiger partial charge in [-0.3, -0.25) is 9.59 Å². The largest absolute Gasteiger partial charge is 0.416 e. The van der Waals surface area contributed by atoms with Gasteiger partial charge >= 0.3 is 6.18 Å². The van der Waals surface area contributed by atoms with Crippen LogP contribution in [0.15, 0.2) is 71.7 Å². The Balaban J connectivity index is 1.96. The molecule has 0 fully saturated rings. The van der Waals surface area contributed by atoms with Crippen LogP contribution in [-0.4, -0.2) is 10.4 Å². The van der Waals surface area contributed by atoms with Crippen molar-refractivity contribution in [3.8, 4) is 0 Å². The van der Waals surface area contributed by atoms with Crippen molar-refractivity contribution in [2.45, 2.75) is 12.7 Å². The highest BCUT2D eigenvalue weighted by Crippen LogP contribution is 2.31. The summed E-state index contributed by atoms with van der Waals surface area (Å²) in [5, 5.41) is -0.221. The quantitative estimate of drug-likeness (QED) is 0.235. The molecule has 0 radical (unpaired) electrons. The summed E-state index contributed by atoms with van der Waals surface area (Å²) in [4.78, 5) is 26.2. The van der Waals surface area contributed by atoms with Crippen molar-refractivity contribution in [2.75, 3.05) is 5.73 Å². The zero-order valence-corrected chi connectivity index (χ0v) is 17.5. The number of pyridine rings is 1. The van der Waals surface area contributed by atoms with Gasteiger partial charge in [-0.25, -0.2) is 4.39 Å². The number of halogens is 5. The summed E-state index contributed by atoms with van der Waals surface area (Å²) in [6.45, 7) is -0.114. The Kier molecular flexibility index (Phi) is 5.71. The van der Waals surface area contributed by atoms with E-state index in [0.717, 1.165) is 12.1 Å². The number of aromatic nitrogens is 1. The molecule has 0 saturated carbocycles. The highest BCUT2D eigenvalue weighted by molar-refractivity contribution is 6.33. The molecule has 0 saturated heterocycles. The number of anilines is 1. The first-order valence-electron chi connectivity index (χ1n) is 9.64. The molecule has 4 aromatic rings. The molecular formula is C24H15ClF4N2O2. The van der Waals surface area contributed by atoms with Crippen LogP contribution in [0, 0.1) is 5.82 Å². The lowest BCUT2D eigenvalue weighted by atomic mass is 10.0. The van der Waals surface area contributed by atoms with Gasteiger partial charge in [0.15, 0.2) is 5.78 Å². The van der Waals surface area contributed by atoms with E-state index in [-0.39, 0.29) is 44.8 Å². The van der Waals surface area contributed by atoms with Crippen LogP contribution in [0.2, 0.25) is 5.02 Å². The maximum atomic E-state index is 14.3. The summed E-state index contributed by atoms with van der Waals surface area (Å²) in [7, 11) is 0. The van der Waals surface area contributed by atoms with E-state index >= 15 is 0 Å². The van der Waals surface area contributed by atoms with Crippen LogP contribution < -0.4 is 11.2 Å². The van der Waals surface area contributed by atoms with Gasteiger partial charge in [-0.05, 0) is 42.5 Å². The Morgan fingerprint density at radius 3 is 2.42 bits per heavy atom. The van der Waals surface area contributed by atoms with Crippen molar-refractivity contribution < 1.29 is 22.4 Å². The lowest BCUT2D eigenvalue weighted by Crippen LogP contribution is -2.21. The molecule has 0 amide bonds. The van der Waals surface area contributed by atoms with Gasteiger partial charge in [-0.2, -0.15) is 13.2 Å². The minimum absolute atomic E-state index is 0.0371. The van der Waals surface area contributed by atoms with E-state index in [2.05, 4.69) is 0 Å². The van der Waals surface area contributed by atoms with Gasteiger partial charge in [0.1, 0.15) is 5.82 Å². The molecule has 1 aromatic heterocycles. The normalized spacial score (nSPS) is 11.7. The van der Waals surface area contributed by atoms with Crippen LogP contribution >= 0.6 is 11.6 Å². The van der Waals surface area contributed by atoms with Gasteiger partial charge in [0.05, 0.1) is 33.9 Å². The third-order valence-electron chi connectivity index (χ3n) is 5.21. The van der Waals surface area contributed by atoms with E-state index in [9.17, 15) is 27.2 Å². The number of hydrogen-bond acceptors (Lipinski definition) is 3. The summed E-state index contributed by atoms with van der Waals surface area (Å²) in [5.41, 5.74) is 3.99. The molecule has 2 N–H and O–H groups in total. The molecule has 0 aliphatic rings. The number of nitrogen functional groups attached to an aromatic ring is 1. The third-order valence-corrected chi connectivity index (χ3v) is 5.54. The SMILES string of the molecule is Nc1ccc(C(=O)c2cn(Cc3ccccc3F)c3ccc(C(F)(F)F)cc3c2=O)cc1Cl. The molecule has 0 atom stereocenters. The van der Waals surface area contributed by atoms with Gasteiger partial charge in [0, 0.05) is 22.7 Å². The molecule has 3 aromatic carbocycles. The summed E-state index contributed by atoms with van der Waals surface area (Å²) in [5.74, 6) is -1.28. The topological polar surface area (TPSA) is 65.1 Å². The average molecular weight is 475 g/mol. The molecule has 0 bridgehead atoms. The number of fused-ring (bicyclic) bond motifs is 1. The zero-order chi connectivity index (χ0) is 23.9. The van der Waals surface area contributed by atoms with E-state index < -0.39 is 28.8 Å². The number of ketones is 1. The third kappa shape index (κ3) is 4.34. The number of rotatable bonds is 4. The maximum absolute atomic E-state index is 14.3. The van der Waals surface area contributed by atoms with Gasteiger partial charge in [0.2, 0.25) is 5.43 Å². The molecule has 9 heteroatoms. The molecule has 0 aliphatic heterocycles. The molecule has 168 valence electrons. The van der Waals surface area contributed by atoms with Crippen LogP contribution in [-0.2, 0) is 12.7 Å². The Bertz CT molecular complexity index is 1460. The van der Waals surface area contributed by atoms with Gasteiger partial charge in [0.25, 0.3) is 0 Å². The first kappa shape index (κ1) is 22.5. The number of carbonyl (C=O) groups is 1. The van der Waals surface area contributed by atoms with Crippen molar-refractivity contribution in [1.82, 2.24) is 4.57 Å². The number of hydrogen-bond donors (Lipinski definition) is 1. The molecule has 4 rings (SSSR count). The number of nitrogens with two attached hydrogens (primary N) is 1. The number of nitrogens with zero attached hydrogens (tertiary/aromatic N) is 1. The minimum atomic E-state index is -4.69. The molecule has 4 nitrogen and oxygen atoms in total. The van der Waals surface area contributed by atoms with Crippen LogP contribution in [0.3, 0.4) is 0 Å². The number of benzene rings is 3. The fourth-order valence-corrected chi connectivity index (χ4v) is 3.68. The van der Waals surface area contributed by atoms with E-state index in [4.69, 9.17) is 17.3 Å². The summed E-state index contributed by atoms with van der Waals surface area (Å²) >= 11 is 5.98. The maximum Gasteiger partial charge on any atom is 0.416 e. The second-order valence-corrected chi connectivity index (χ2v) is 7.79. The van der Waals surface area contributed by atoms with Crippen molar-refractivity contribution in [3.05, 3.63) is 110 Å². The summed E-state index contributed by atoms with van der Waals surface area (Å²) < 4.78 is 55.5. The predicted molar refractivity (Wildman–Crippen MR) is 118 cm³/mol. The van der Waals surface area contributed by atoms with Crippen LogP contribution in [0.4, 0.5) is 23.2 Å². The van der Waals surface area contributed by atoms with E-state index in [0.29, 0.717) is 6.07 Å². The van der Waals surface area contributed by atoms with Gasteiger partial charge < -0.3 is 10.3 Å². The Morgan fingerprint density at radius 1 is 1.03 bits per heavy atom. The predicted octanol–water partition coefficient (Wildman–Crippen LogP) is 5.67. The highest BCUT2D eigenvalue weighted by atomic mass is 35.5. The molecule has 1 heterocycles. The van der Waals surface area contributed by atoms with Crippen molar-refractivity contribution in [1.29, 1.82) is 0 Å². The monoisotopic (exact) mass is 474 g/mol. The smallest absolute Gasteiger partial charge is 0.398 e. The van der Waals surface area contributed by atoms with E-state index in [1.165, 1.54) is 47.2 Å². The first-order valence-corrected chi connectivity index (χ1v) is 10.0. The standard InChI is InChI=1S/C24H15ClF4N2O2/c25-18-9-13(5-7-20(18)30)22(32)17-12-31(11-14-3-1-2-4-19(14)26)21-8-6-15(24(27,28)29)10-16(21)23(17)33/h1-10,12H,11,30H2. The van der Waals surface area contributed by atoms with Gasteiger partial charge in [-0.1, -0.05) is 29.8 Å². The minimum Gasteiger partial charge on any atom is -0.398 e. The van der Waals surface area contributed by atoms with Gasteiger partial charge in [-0.15, -0.1) is 0 Å². The lowest BCUT2D eigenvalue weighted by molar-refractivity contribution is -0.137. The van der Waals surface area contributed by atoms with Crippen molar-refractivity contribution >= 4 is 34.0 Å². The molecular weight excluding hydrogens is 460 g/mol. The molecule has 0 spiro atoms. The van der Waals surface area contributed by atoms with Crippen molar-refractivity contribution in [2.24, 2.45) is 0 Å². The summed E-state index contributed by atoms with van der Waals surface area (Å²) in [6.07, 6.45) is -3.47. The summed E-state index contributed by atoms with van der Waals surface area (Å²) in [6, 6.07) is 12.5. The van der Waals surface area contributed by atoms with Crippen LogP contribution in [0.5, 0.6) is 0 Å². The van der Waals surface area contributed by atoms with Crippen LogP contribution in [0.25, 0.3) is 10.9 Å². The second kappa shape index (κ2) is 8.37. The second-order valence-electron chi connectivity index (χ2n) is 7.39. The average Bonchev–Trinajstić information content (AvgIpc) is 2.77. The molecule has 33 heavy (non-hydrogen) atoms. The Hall–Kier alpha value is -3.65.